The third-order valence-corrected chi connectivity index (χ3v) is 3.07. The van der Waals surface area contributed by atoms with E-state index in [9.17, 15) is 14.7 Å². The highest BCUT2D eigenvalue weighted by atomic mass is 35.5. The lowest BCUT2D eigenvalue weighted by Gasteiger charge is -2.15. The van der Waals surface area contributed by atoms with Crippen molar-refractivity contribution in [3.8, 4) is 0 Å². The monoisotopic (exact) mass is 262 g/mol. The van der Waals surface area contributed by atoms with Gasteiger partial charge in [0.25, 0.3) is 5.56 Å². The van der Waals surface area contributed by atoms with Gasteiger partial charge < -0.3 is 14.9 Å². The number of hydrogen-bond donors (Lipinski definition) is 3. The topological polar surface area (TPSA) is 105 Å². The minimum Gasteiger partial charge on any atom is -0.394 e. The average molecular weight is 263 g/mol. The summed E-state index contributed by atoms with van der Waals surface area (Å²) < 4.78 is 6.32. The average Bonchev–Trinajstić information content (AvgIpc) is 2.57. The molecule has 2 rings (SSSR count). The number of aromatic nitrogens is 2. The maximum atomic E-state index is 11.5. The minimum atomic E-state index is -1.08. The third kappa shape index (κ3) is 2.14. The van der Waals surface area contributed by atoms with Crippen LogP contribution in [0, 0.1) is 0 Å². The number of aliphatic hydroxyl groups is 2. The standard InChI is InChI=1S/C9H11ClN2O5/c10-6-7(15)4(3-13)17-8(6)12-2-1-5(14)11-9(12)16/h1-2,4,6-8,13,15H,3H2,(H,11,14,16)/t4-,6+,7+,8-/m0/s1. The van der Waals surface area contributed by atoms with Crippen molar-refractivity contribution in [2.24, 2.45) is 0 Å². The zero-order chi connectivity index (χ0) is 12.6. The summed E-state index contributed by atoms with van der Waals surface area (Å²) in [6.07, 6.45) is -1.62. The summed E-state index contributed by atoms with van der Waals surface area (Å²) >= 11 is 5.91. The van der Waals surface area contributed by atoms with Crippen LogP contribution in [0.25, 0.3) is 0 Å². The van der Waals surface area contributed by atoms with Crippen molar-refractivity contribution in [1.29, 1.82) is 0 Å². The largest absolute Gasteiger partial charge is 0.394 e. The molecule has 7 nitrogen and oxygen atoms in total. The first kappa shape index (κ1) is 12.3. The first-order valence-electron chi connectivity index (χ1n) is 4.94. The third-order valence-electron chi connectivity index (χ3n) is 2.60. The molecule has 1 aromatic rings. The Morgan fingerprint density at radius 1 is 1.53 bits per heavy atom. The van der Waals surface area contributed by atoms with Crippen molar-refractivity contribution < 1.29 is 14.9 Å². The Labute approximate surface area is 100 Å². The van der Waals surface area contributed by atoms with Crippen LogP contribution in [0.1, 0.15) is 6.23 Å². The summed E-state index contributed by atoms with van der Waals surface area (Å²) in [5, 5.41) is 17.7. The Kier molecular flexibility index (Phi) is 3.34. The highest BCUT2D eigenvalue weighted by molar-refractivity contribution is 6.21. The fourth-order valence-electron chi connectivity index (χ4n) is 1.71. The second-order valence-electron chi connectivity index (χ2n) is 3.70. The van der Waals surface area contributed by atoms with Gasteiger partial charge in [0.1, 0.15) is 17.6 Å². The lowest BCUT2D eigenvalue weighted by Crippen LogP contribution is -2.35. The van der Waals surface area contributed by atoms with Gasteiger partial charge in [-0.1, -0.05) is 0 Å². The van der Waals surface area contributed by atoms with E-state index in [0.29, 0.717) is 0 Å². The molecule has 0 amide bonds. The highest BCUT2D eigenvalue weighted by Gasteiger charge is 2.43. The lowest BCUT2D eigenvalue weighted by atomic mass is 10.2. The van der Waals surface area contributed by atoms with Gasteiger partial charge in [-0.15, -0.1) is 11.6 Å². The van der Waals surface area contributed by atoms with E-state index in [-0.39, 0.29) is 0 Å². The molecule has 0 aromatic carbocycles. The Bertz CT molecular complexity index is 513. The van der Waals surface area contributed by atoms with E-state index in [1.54, 1.807) is 0 Å². The molecule has 0 aliphatic carbocycles. The van der Waals surface area contributed by atoms with Gasteiger partial charge in [0.05, 0.1) is 6.61 Å². The molecule has 0 spiro atoms. The number of nitrogens with zero attached hydrogens (tertiary/aromatic N) is 1. The molecule has 0 unspecified atom stereocenters. The van der Waals surface area contributed by atoms with Crippen LogP contribution in [0.15, 0.2) is 21.9 Å². The Hall–Kier alpha value is -1.15. The van der Waals surface area contributed by atoms with E-state index in [4.69, 9.17) is 21.4 Å². The smallest absolute Gasteiger partial charge is 0.330 e. The van der Waals surface area contributed by atoms with Crippen molar-refractivity contribution in [1.82, 2.24) is 9.55 Å². The molecule has 94 valence electrons. The molecule has 4 atom stereocenters. The number of aromatic amines is 1. The van der Waals surface area contributed by atoms with Crippen LogP contribution < -0.4 is 11.2 Å². The second-order valence-corrected chi connectivity index (χ2v) is 4.20. The highest BCUT2D eigenvalue weighted by Crippen LogP contribution is 2.31. The van der Waals surface area contributed by atoms with E-state index in [1.807, 2.05) is 0 Å². The molecular formula is C9H11ClN2O5. The van der Waals surface area contributed by atoms with Gasteiger partial charge in [-0.05, 0) is 0 Å². The molecule has 1 aliphatic rings. The van der Waals surface area contributed by atoms with Gasteiger partial charge in [-0.25, -0.2) is 4.79 Å². The quantitative estimate of drug-likeness (QED) is 0.557. The molecule has 8 heteroatoms. The number of nitrogens with one attached hydrogen (secondary N) is 1. The molecule has 1 aliphatic heterocycles. The van der Waals surface area contributed by atoms with Crippen LogP contribution in [-0.4, -0.2) is 44.0 Å². The minimum absolute atomic E-state index is 0.404. The molecule has 0 bridgehead atoms. The van der Waals surface area contributed by atoms with Gasteiger partial charge in [-0.2, -0.15) is 0 Å². The first-order valence-corrected chi connectivity index (χ1v) is 5.38. The van der Waals surface area contributed by atoms with E-state index in [1.165, 1.54) is 6.20 Å². The summed E-state index contributed by atoms with van der Waals surface area (Å²) in [6, 6.07) is 1.15. The van der Waals surface area contributed by atoms with Gasteiger partial charge >= 0.3 is 5.69 Å². The lowest BCUT2D eigenvalue weighted by molar-refractivity contribution is -0.0457. The normalized spacial score (nSPS) is 32.9. The zero-order valence-corrected chi connectivity index (χ0v) is 9.37. The fourth-order valence-corrected chi connectivity index (χ4v) is 2.05. The van der Waals surface area contributed by atoms with Gasteiger partial charge in [0.15, 0.2) is 6.23 Å². The summed E-state index contributed by atoms with van der Waals surface area (Å²) in [5.74, 6) is 0. The van der Waals surface area contributed by atoms with Crippen molar-refractivity contribution >= 4 is 11.6 Å². The van der Waals surface area contributed by atoms with Crippen LogP contribution in [-0.2, 0) is 4.74 Å². The number of ether oxygens (including phenoxy) is 1. The molecule has 17 heavy (non-hydrogen) atoms. The Morgan fingerprint density at radius 3 is 2.76 bits per heavy atom. The van der Waals surface area contributed by atoms with Crippen molar-refractivity contribution in [3.63, 3.8) is 0 Å². The Balaban J connectivity index is 2.35. The van der Waals surface area contributed by atoms with Gasteiger partial charge in [-0.3, -0.25) is 14.3 Å². The number of hydrogen-bond acceptors (Lipinski definition) is 5. The van der Waals surface area contributed by atoms with Crippen LogP contribution in [0.4, 0.5) is 0 Å². The summed E-state index contributed by atoms with van der Waals surface area (Å²) in [5.41, 5.74) is -1.21. The van der Waals surface area contributed by atoms with Crippen molar-refractivity contribution in [3.05, 3.63) is 33.1 Å². The van der Waals surface area contributed by atoms with E-state index in [2.05, 4.69) is 4.98 Å². The maximum absolute atomic E-state index is 11.5. The number of aliphatic hydroxyl groups excluding tert-OH is 2. The fraction of sp³-hybridized carbons (Fsp3) is 0.556. The summed E-state index contributed by atoms with van der Waals surface area (Å²) in [7, 11) is 0. The molecule has 0 radical (unpaired) electrons. The predicted octanol–water partition coefficient (Wildman–Crippen LogP) is -1.61. The maximum Gasteiger partial charge on any atom is 0.330 e. The summed E-state index contributed by atoms with van der Waals surface area (Å²) in [6.45, 7) is -0.404. The molecule has 1 aromatic heterocycles. The van der Waals surface area contributed by atoms with Crippen LogP contribution in [0.5, 0.6) is 0 Å². The Morgan fingerprint density at radius 2 is 2.24 bits per heavy atom. The number of alkyl halides is 1. The van der Waals surface area contributed by atoms with Crippen LogP contribution >= 0.6 is 11.6 Å². The number of rotatable bonds is 2. The predicted molar refractivity (Wildman–Crippen MR) is 58.0 cm³/mol. The van der Waals surface area contributed by atoms with E-state index >= 15 is 0 Å². The van der Waals surface area contributed by atoms with E-state index < -0.39 is 41.7 Å². The van der Waals surface area contributed by atoms with Crippen molar-refractivity contribution in [2.45, 2.75) is 23.8 Å². The number of H-pyrrole nitrogens is 1. The zero-order valence-electron chi connectivity index (χ0n) is 8.62. The van der Waals surface area contributed by atoms with E-state index in [0.717, 1.165) is 10.6 Å². The first-order chi connectivity index (χ1) is 8.04. The molecule has 3 N–H and O–H groups in total. The summed E-state index contributed by atoms with van der Waals surface area (Å²) in [4.78, 5) is 24.4. The molecular weight excluding hydrogens is 252 g/mol. The number of halogens is 1. The molecule has 2 heterocycles. The SMILES string of the molecule is O=c1ccn([C@H]2O[C@@H](CO)[C@@H](O)[C@H]2Cl)c(=O)[nH]1. The van der Waals surface area contributed by atoms with Gasteiger partial charge in [0.2, 0.25) is 0 Å². The van der Waals surface area contributed by atoms with Gasteiger partial charge in [0, 0.05) is 12.3 Å². The molecule has 0 saturated carbocycles. The molecule has 1 fully saturated rings. The molecule has 1 saturated heterocycles. The second kappa shape index (κ2) is 4.61. The van der Waals surface area contributed by atoms with Crippen LogP contribution in [0.2, 0.25) is 0 Å². The van der Waals surface area contributed by atoms with Crippen LogP contribution in [0.3, 0.4) is 0 Å². The van der Waals surface area contributed by atoms with Crippen molar-refractivity contribution in [2.75, 3.05) is 6.61 Å².